The van der Waals surface area contributed by atoms with Gasteiger partial charge in [0.1, 0.15) is 6.04 Å². The van der Waals surface area contributed by atoms with Crippen LogP contribution in [0, 0.1) is 5.92 Å². The molecular weight excluding hydrogens is 226 g/mol. The summed E-state index contributed by atoms with van der Waals surface area (Å²) in [5, 5.41) is 0. The van der Waals surface area contributed by atoms with Gasteiger partial charge in [0.2, 0.25) is 5.91 Å². The lowest BCUT2D eigenvalue weighted by Gasteiger charge is -2.33. The fourth-order valence-corrected chi connectivity index (χ4v) is 1.81. The SMILES string of the molecule is COC(=O)[C@H]1CC=CN(C(C)=O)[C@H]1C(=O)OC. The third kappa shape index (κ3) is 2.64. The van der Waals surface area contributed by atoms with Gasteiger partial charge in [-0.25, -0.2) is 4.79 Å². The van der Waals surface area contributed by atoms with Gasteiger partial charge in [-0.3, -0.25) is 9.59 Å². The van der Waals surface area contributed by atoms with Gasteiger partial charge in [-0.2, -0.15) is 0 Å². The number of hydrogen-bond acceptors (Lipinski definition) is 5. The van der Waals surface area contributed by atoms with Gasteiger partial charge < -0.3 is 14.4 Å². The number of rotatable bonds is 2. The fraction of sp³-hybridized carbons (Fsp3) is 0.545. The van der Waals surface area contributed by atoms with Crippen LogP contribution in [0.5, 0.6) is 0 Å². The second kappa shape index (κ2) is 5.47. The Morgan fingerprint density at radius 2 is 1.76 bits per heavy atom. The normalized spacial score (nSPS) is 23.1. The largest absolute Gasteiger partial charge is 0.469 e. The van der Waals surface area contributed by atoms with E-state index in [2.05, 4.69) is 9.47 Å². The molecule has 0 fully saturated rings. The molecule has 0 aromatic carbocycles. The highest BCUT2D eigenvalue weighted by Crippen LogP contribution is 2.24. The van der Waals surface area contributed by atoms with Crippen molar-refractivity contribution in [3.05, 3.63) is 12.3 Å². The van der Waals surface area contributed by atoms with E-state index in [-0.39, 0.29) is 5.91 Å². The molecule has 1 heterocycles. The Kier molecular flexibility index (Phi) is 4.25. The number of hydrogen-bond donors (Lipinski definition) is 0. The van der Waals surface area contributed by atoms with Crippen molar-refractivity contribution in [3.8, 4) is 0 Å². The molecule has 0 radical (unpaired) electrons. The van der Waals surface area contributed by atoms with Crippen LogP contribution in [-0.4, -0.2) is 43.0 Å². The Balaban J connectivity index is 3.06. The molecule has 0 aliphatic carbocycles. The Labute approximate surface area is 99.2 Å². The van der Waals surface area contributed by atoms with E-state index >= 15 is 0 Å². The predicted octanol–water partition coefficient (Wildman–Crippen LogP) is 0.0831. The van der Waals surface area contributed by atoms with E-state index in [4.69, 9.17) is 0 Å². The van der Waals surface area contributed by atoms with E-state index in [9.17, 15) is 14.4 Å². The second-order valence-corrected chi connectivity index (χ2v) is 3.64. The molecule has 0 spiro atoms. The molecule has 94 valence electrons. The fourth-order valence-electron chi connectivity index (χ4n) is 1.81. The summed E-state index contributed by atoms with van der Waals surface area (Å²) >= 11 is 0. The van der Waals surface area contributed by atoms with Gasteiger partial charge in [-0.15, -0.1) is 0 Å². The minimum atomic E-state index is -0.949. The molecule has 17 heavy (non-hydrogen) atoms. The molecule has 0 bridgehead atoms. The molecule has 2 atom stereocenters. The zero-order chi connectivity index (χ0) is 13.0. The van der Waals surface area contributed by atoms with E-state index < -0.39 is 23.9 Å². The average Bonchev–Trinajstić information content (AvgIpc) is 2.35. The van der Waals surface area contributed by atoms with Crippen molar-refractivity contribution in [3.63, 3.8) is 0 Å². The minimum Gasteiger partial charge on any atom is -0.469 e. The van der Waals surface area contributed by atoms with Gasteiger partial charge in [0.15, 0.2) is 0 Å². The third-order valence-electron chi connectivity index (χ3n) is 2.65. The molecule has 6 heteroatoms. The summed E-state index contributed by atoms with van der Waals surface area (Å²) in [5.41, 5.74) is 0. The number of methoxy groups -OCH3 is 2. The smallest absolute Gasteiger partial charge is 0.329 e. The molecule has 0 aromatic rings. The first-order chi connectivity index (χ1) is 8.02. The zero-order valence-electron chi connectivity index (χ0n) is 10.0. The lowest BCUT2D eigenvalue weighted by Crippen LogP contribution is -2.50. The number of ether oxygens (including phenoxy) is 2. The molecule has 1 aliphatic rings. The molecule has 0 saturated carbocycles. The maximum absolute atomic E-state index is 11.7. The first-order valence-electron chi connectivity index (χ1n) is 5.14. The van der Waals surface area contributed by atoms with Crippen LogP contribution in [0.15, 0.2) is 12.3 Å². The number of esters is 2. The number of allylic oxidation sites excluding steroid dienone is 1. The van der Waals surface area contributed by atoms with Gasteiger partial charge in [-0.1, -0.05) is 6.08 Å². The monoisotopic (exact) mass is 241 g/mol. The zero-order valence-corrected chi connectivity index (χ0v) is 10.0. The van der Waals surface area contributed by atoms with Crippen LogP contribution in [-0.2, 0) is 23.9 Å². The molecular formula is C11H15NO5. The minimum absolute atomic E-state index is 0.328. The topological polar surface area (TPSA) is 72.9 Å². The molecule has 1 aliphatic heterocycles. The van der Waals surface area contributed by atoms with Crippen molar-refractivity contribution in [2.75, 3.05) is 14.2 Å². The predicted molar refractivity (Wildman–Crippen MR) is 57.6 cm³/mol. The number of nitrogens with zero attached hydrogens (tertiary/aromatic N) is 1. The molecule has 0 N–H and O–H groups in total. The highest BCUT2D eigenvalue weighted by molar-refractivity contribution is 5.89. The van der Waals surface area contributed by atoms with Gasteiger partial charge in [-0.05, 0) is 6.42 Å². The van der Waals surface area contributed by atoms with Crippen LogP contribution in [0.25, 0.3) is 0 Å². The highest BCUT2D eigenvalue weighted by Gasteiger charge is 2.41. The maximum Gasteiger partial charge on any atom is 0.329 e. The third-order valence-corrected chi connectivity index (χ3v) is 2.65. The second-order valence-electron chi connectivity index (χ2n) is 3.64. The quantitative estimate of drug-likeness (QED) is 0.640. The summed E-state index contributed by atoms with van der Waals surface area (Å²) in [5.74, 6) is -2.21. The Morgan fingerprint density at radius 3 is 2.24 bits per heavy atom. The van der Waals surface area contributed by atoms with E-state index in [1.807, 2.05) is 0 Å². The van der Waals surface area contributed by atoms with Crippen LogP contribution in [0.4, 0.5) is 0 Å². The van der Waals surface area contributed by atoms with E-state index in [0.717, 1.165) is 0 Å². The summed E-state index contributed by atoms with van der Waals surface area (Å²) in [6, 6.07) is -0.949. The van der Waals surface area contributed by atoms with Crippen molar-refractivity contribution in [2.24, 2.45) is 5.92 Å². The molecule has 0 aromatic heterocycles. The number of carbonyl (C=O) groups excluding carboxylic acids is 3. The van der Waals surface area contributed by atoms with Gasteiger partial charge in [0.25, 0.3) is 0 Å². The summed E-state index contributed by atoms with van der Waals surface area (Å²) in [6.45, 7) is 1.32. The number of amides is 1. The lowest BCUT2D eigenvalue weighted by atomic mass is 9.92. The summed E-state index contributed by atoms with van der Waals surface area (Å²) < 4.78 is 9.24. The molecule has 0 saturated heterocycles. The Morgan fingerprint density at radius 1 is 1.18 bits per heavy atom. The van der Waals surface area contributed by atoms with Crippen molar-refractivity contribution >= 4 is 17.8 Å². The van der Waals surface area contributed by atoms with Crippen molar-refractivity contribution in [2.45, 2.75) is 19.4 Å². The lowest BCUT2D eigenvalue weighted by molar-refractivity contribution is -0.161. The van der Waals surface area contributed by atoms with E-state index in [1.54, 1.807) is 6.08 Å². The van der Waals surface area contributed by atoms with Gasteiger partial charge in [0.05, 0.1) is 20.1 Å². The molecule has 6 nitrogen and oxygen atoms in total. The van der Waals surface area contributed by atoms with Gasteiger partial charge >= 0.3 is 11.9 Å². The van der Waals surface area contributed by atoms with Crippen molar-refractivity contribution in [1.29, 1.82) is 0 Å². The maximum atomic E-state index is 11.7. The standard InChI is InChI=1S/C11H15NO5/c1-7(13)12-6-4-5-8(10(14)16-2)9(12)11(15)17-3/h4,6,8-9H,5H2,1-3H3/t8-,9+/m0/s1. The summed E-state index contributed by atoms with van der Waals surface area (Å²) in [7, 11) is 2.46. The van der Waals surface area contributed by atoms with Crippen molar-refractivity contribution in [1.82, 2.24) is 4.90 Å². The average molecular weight is 241 g/mol. The van der Waals surface area contributed by atoms with E-state index in [0.29, 0.717) is 6.42 Å². The van der Waals surface area contributed by atoms with Crippen LogP contribution < -0.4 is 0 Å². The molecule has 1 amide bonds. The van der Waals surface area contributed by atoms with Crippen LogP contribution >= 0.6 is 0 Å². The summed E-state index contributed by atoms with van der Waals surface area (Å²) in [4.78, 5) is 35.8. The van der Waals surface area contributed by atoms with Crippen molar-refractivity contribution < 1.29 is 23.9 Å². The van der Waals surface area contributed by atoms with E-state index in [1.165, 1.54) is 32.2 Å². The summed E-state index contributed by atoms with van der Waals surface area (Å²) in [6.07, 6.45) is 3.49. The Hall–Kier alpha value is -1.85. The van der Waals surface area contributed by atoms with Crippen LogP contribution in [0.2, 0.25) is 0 Å². The first kappa shape index (κ1) is 13.2. The molecule has 1 rings (SSSR count). The Bertz CT molecular complexity index is 363. The first-order valence-corrected chi connectivity index (χ1v) is 5.14. The highest BCUT2D eigenvalue weighted by atomic mass is 16.5. The van der Waals surface area contributed by atoms with Crippen LogP contribution in [0.3, 0.4) is 0 Å². The number of carbonyl (C=O) groups is 3. The molecule has 0 unspecified atom stereocenters. The van der Waals surface area contributed by atoms with Gasteiger partial charge in [0, 0.05) is 13.1 Å². The van der Waals surface area contributed by atoms with Crippen LogP contribution in [0.1, 0.15) is 13.3 Å².